The summed E-state index contributed by atoms with van der Waals surface area (Å²) in [5, 5.41) is 4.25. The number of nitrogens with one attached hydrogen (secondary N) is 1. The van der Waals surface area contributed by atoms with Gasteiger partial charge in [-0.15, -0.1) is 0 Å². The van der Waals surface area contributed by atoms with Crippen LogP contribution in [0.1, 0.15) is 32.6 Å². The van der Waals surface area contributed by atoms with Gasteiger partial charge in [0.15, 0.2) is 5.58 Å². The largest absolute Gasteiger partial charge is 0.431 e. The molecule has 4 nitrogen and oxygen atoms in total. The number of aromatic nitrogens is 1. The van der Waals surface area contributed by atoms with E-state index in [0.717, 1.165) is 11.9 Å². The van der Waals surface area contributed by atoms with Gasteiger partial charge in [-0.05, 0) is 30.9 Å². The topological polar surface area (TPSA) is 55.1 Å². The monoisotopic (exact) mass is 338 g/mol. The minimum Gasteiger partial charge on any atom is -0.431 e. The minimum atomic E-state index is 0.0454. The first-order chi connectivity index (χ1) is 10.6. The van der Waals surface area contributed by atoms with Gasteiger partial charge in [-0.2, -0.15) is 0 Å². The zero-order chi connectivity index (χ0) is 15.5. The van der Waals surface area contributed by atoms with Crippen molar-refractivity contribution in [2.45, 2.75) is 43.9 Å². The third-order valence-electron chi connectivity index (χ3n) is 4.12. The minimum absolute atomic E-state index is 0.0454. The van der Waals surface area contributed by atoms with Crippen molar-refractivity contribution < 1.29 is 9.21 Å². The lowest BCUT2D eigenvalue weighted by Crippen LogP contribution is -2.41. The number of carbonyl (C=O) groups is 1. The van der Waals surface area contributed by atoms with Crippen LogP contribution in [0, 0.1) is 5.92 Å². The summed E-state index contributed by atoms with van der Waals surface area (Å²) in [4.78, 5) is 16.4. The molecule has 3 rings (SSSR count). The molecular formula is C16H19ClN2O2S. The summed E-state index contributed by atoms with van der Waals surface area (Å²) < 4.78 is 5.60. The zero-order valence-electron chi connectivity index (χ0n) is 12.5. The number of oxazole rings is 1. The average Bonchev–Trinajstić information content (AvgIpc) is 2.89. The third-order valence-corrected chi connectivity index (χ3v) is 5.18. The van der Waals surface area contributed by atoms with Crippen molar-refractivity contribution in [2.75, 3.05) is 5.75 Å². The second-order valence-corrected chi connectivity index (χ2v) is 7.18. The normalized spacial score (nSPS) is 21.9. The fourth-order valence-electron chi connectivity index (χ4n) is 2.85. The Labute approximate surface area is 139 Å². The quantitative estimate of drug-likeness (QED) is 0.846. The molecule has 2 aromatic rings. The second-order valence-electron chi connectivity index (χ2n) is 5.82. The van der Waals surface area contributed by atoms with Gasteiger partial charge in [-0.3, -0.25) is 4.79 Å². The van der Waals surface area contributed by atoms with Crippen LogP contribution in [0.4, 0.5) is 0 Å². The van der Waals surface area contributed by atoms with Gasteiger partial charge in [0, 0.05) is 17.1 Å². The summed E-state index contributed by atoms with van der Waals surface area (Å²) in [6, 6.07) is 5.63. The Hall–Kier alpha value is -1.20. The highest BCUT2D eigenvalue weighted by molar-refractivity contribution is 7.99. The molecule has 2 atom stereocenters. The van der Waals surface area contributed by atoms with Gasteiger partial charge in [-0.1, -0.05) is 43.1 Å². The Morgan fingerprint density at radius 2 is 2.27 bits per heavy atom. The smallest absolute Gasteiger partial charge is 0.257 e. The Morgan fingerprint density at radius 1 is 1.45 bits per heavy atom. The van der Waals surface area contributed by atoms with Crippen molar-refractivity contribution in [1.29, 1.82) is 0 Å². The van der Waals surface area contributed by atoms with Gasteiger partial charge >= 0.3 is 0 Å². The molecule has 0 radical (unpaired) electrons. The number of nitrogens with zero attached hydrogens (tertiary/aromatic N) is 1. The van der Waals surface area contributed by atoms with Crippen LogP contribution in [0.15, 0.2) is 27.8 Å². The molecule has 1 aliphatic rings. The molecule has 118 valence electrons. The fourth-order valence-corrected chi connectivity index (χ4v) is 3.66. The van der Waals surface area contributed by atoms with Crippen LogP contribution in [0.5, 0.6) is 0 Å². The standard InChI is InChI=1S/C16H19ClN2O2S/c1-10-4-2-3-5-12(10)18-15(20)9-22-16-19-13-7-6-11(17)8-14(13)21-16/h6-8,10,12H,2-5,9H2,1H3,(H,18,20)/t10-,12-/m0/s1. The molecule has 0 spiro atoms. The predicted molar refractivity (Wildman–Crippen MR) is 89.3 cm³/mol. The van der Waals surface area contributed by atoms with Crippen molar-refractivity contribution in [3.63, 3.8) is 0 Å². The molecule has 1 heterocycles. The molecule has 0 unspecified atom stereocenters. The Balaban J connectivity index is 1.55. The number of amides is 1. The van der Waals surface area contributed by atoms with Gasteiger partial charge in [-0.25, -0.2) is 4.98 Å². The van der Waals surface area contributed by atoms with Crippen molar-refractivity contribution in [2.24, 2.45) is 5.92 Å². The number of halogens is 1. The first-order valence-corrected chi connectivity index (χ1v) is 8.96. The number of hydrogen-bond acceptors (Lipinski definition) is 4. The molecule has 1 fully saturated rings. The molecule has 22 heavy (non-hydrogen) atoms. The molecular weight excluding hydrogens is 320 g/mol. The molecule has 1 saturated carbocycles. The first-order valence-electron chi connectivity index (χ1n) is 7.60. The summed E-state index contributed by atoms with van der Waals surface area (Å²) in [6.45, 7) is 2.21. The molecule has 1 aromatic carbocycles. The molecule has 0 saturated heterocycles. The van der Waals surface area contributed by atoms with Crippen molar-refractivity contribution >= 4 is 40.4 Å². The Kier molecular flexibility index (Phi) is 4.93. The van der Waals surface area contributed by atoms with E-state index in [4.69, 9.17) is 16.0 Å². The van der Waals surface area contributed by atoms with E-state index in [1.165, 1.54) is 31.0 Å². The Bertz CT molecular complexity index is 673. The average molecular weight is 339 g/mol. The van der Waals surface area contributed by atoms with E-state index in [1.807, 2.05) is 6.07 Å². The molecule has 0 aliphatic heterocycles. The molecule has 1 amide bonds. The summed E-state index contributed by atoms with van der Waals surface area (Å²) >= 11 is 7.24. The van der Waals surface area contributed by atoms with E-state index in [9.17, 15) is 4.79 Å². The van der Waals surface area contributed by atoms with Crippen molar-refractivity contribution in [3.05, 3.63) is 23.2 Å². The zero-order valence-corrected chi connectivity index (χ0v) is 14.0. The van der Waals surface area contributed by atoms with Crippen LogP contribution < -0.4 is 5.32 Å². The number of rotatable bonds is 4. The lowest BCUT2D eigenvalue weighted by molar-refractivity contribution is -0.119. The summed E-state index contributed by atoms with van der Waals surface area (Å²) in [5.41, 5.74) is 1.41. The van der Waals surface area contributed by atoms with Gasteiger partial charge in [0.1, 0.15) is 5.52 Å². The summed E-state index contributed by atoms with van der Waals surface area (Å²) in [5.74, 6) is 0.933. The van der Waals surface area contributed by atoms with Crippen LogP contribution in [0.3, 0.4) is 0 Å². The van der Waals surface area contributed by atoms with E-state index in [2.05, 4.69) is 17.2 Å². The maximum Gasteiger partial charge on any atom is 0.257 e. The highest BCUT2D eigenvalue weighted by Crippen LogP contribution is 2.26. The van der Waals surface area contributed by atoms with Gasteiger partial charge in [0.25, 0.3) is 5.22 Å². The number of hydrogen-bond donors (Lipinski definition) is 1. The molecule has 0 bridgehead atoms. The lowest BCUT2D eigenvalue weighted by Gasteiger charge is -2.29. The van der Waals surface area contributed by atoms with E-state index in [0.29, 0.717) is 33.5 Å². The van der Waals surface area contributed by atoms with Crippen LogP contribution in [0.2, 0.25) is 5.02 Å². The molecule has 1 aliphatic carbocycles. The maximum atomic E-state index is 12.1. The Morgan fingerprint density at radius 3 is 3.09 bits per heavy atom. The van der Waals surface area contributed by atoms with Crippen molar-refractivity contribution in [1.82, 2.24) is 10.3 Å². The number of benzene rings is 1. The number of thioether (sulfide) groups is 1. The van der Waals surface area contributed by atoms with Gasteiger partial charge in [0.05, 0.1) is 5.75 Å². The fraction of sp³-hybridized carbons (Fsp3) is 0.500. The van der Waals surface area contributed by atoms with Crippen molar-refractivity contribution in [3.8, 4) is 0 Å². The molecule has 1 N–H and O–H groups in total. The maximum absolute atomic E-state index is 12.1. The highest BCUT2D eigenvalue weighted by Gasteiger charge is 2.22. The van der Waals surface area contributed by atoms with Crippen LogP contribution in [-0.2, 0) is 4.79 Å². The van der Waals surface area contributed by atoms with Crippen LogP contribution in [-0.4, -0.2) is 22.7 Å². The van der Waals surface area contributed by atoms with E-state index in [-0.39, 0.29) is 5.91 Å². The van der Waals surface area contributed by atoms with Gasteiger partial charge in [0.2, 0.25) is 5.91 Å². The van der Waals surface area contributed by atoms with Gasteiger partial charge < -0.3 is 9.73 Å². The summed E-state index contributed by atoms with van der Waals surface area (Å²) in [6.07, 6.45) is 4.75. The SMILES string of the molecule is C[C@H]1CCCC[C@@H]1NC(=O)CSc1nc2ccc(Cl)cc2o1. The molecule has 1 aromatic heterocycles. The van der Waals surface area contributed by atoms with E-state index < -0.39 is 0 Å². The number of fused-ring (bicyclic) bond motifs is 1. The van der Waals surface area contributed by atoms with E-state index in [1.54, 1.807) is 12.1 Å². The van der Waals surface area contributed by atoms with Crippen LogP contribution in [0.25, 0.3) is 11.1 Å². The molecule has 6 heteroatoms. The van der Waals surface area contributed by atoms with E-state index >= 15 is 0 Å². The number of carbonyl (C=O) groups excluding carboxylic acids is 1. The highest BCUT2D eigenvalue weighted by atomic mass is 35.5. The lowest BCUT2D eigenvalue weighted by atomic mass is 9.86. The summed E-state index contributed by atoms with van der Waals surface area (Å²) in [7, 11) is 0. The first kappa shape index (κ1) is 15.7. The third kappa shape index (κ3) is 3.76. The second kappa shape index (κ2) is 6.92. The van der Waals surface area contributed by atoms with Crippen LogP contribution >= 0.6 is 23.4 Å². The predicted octanol–water partition coefficient (Wildman–Crippen LogP) is 4.27.